The van der Waals surface area contributed by atoms with Crippen molar-refractivity contribution in [2.24, 2.45) is 5.92 Å². The van der Waals surface area contributed by atoms with E-state index in [1.165, 1.54) is 17.5 Å². The number of carbonyl (C=O) groups is 1. The summed E-state index contributed by atoms with van der Waals surface area (Å²) in [5.74, 6) is -0.231. The topological polar surface area (TPSA) is 53.4 Å². The third-order valence-corrected chi connectivity index (χ3v) is 4.78. The van der Waals surface area contributed by atoms with Gasteiger partial charge in [-0.25, -0.2) is 4.79 Å². The van der Waals surface area contributed by atoms with Gasteiger partial charge in [0.05, 0.1) is 11.3 Å². The van der Waals surface area contributed by atoms with Crippen LogP contribution in [0.3, 0.4) is 0 Å². The number of rotatable bonds is 6. The minimum Gasteiger partial charge on any atom is -0.478 e. The molecular formula is C20H24N2O2. The van der Waals surface area contributed by atoms with Crippen LogP contribution in [0.1, 0.15) is 40.5 Å². The number of benzene rings is 1. The Morgan fingerprint density at radius 3 is 2.58 bits per heavy atom. The third-order valence-electron chi connectivity index (χ3n) is 4.78. The van der Waals surface area contributed by atoms with Gasteiger partial charge >= 0.3 is 5.97 Å². The van der Waals surface area contributed by atoms with Crippen LogP contribution in [0.5, 0.6) is 0 Å². The summed E-state index contributed by atoms with van der Waals surface area (Å²) >= 11 is 0. The maximum atomic E-state index is 10.9. The Morgan fingerprint density at radius 1 is 1.21 bits per heavy atom. The lowest BCUT2D eigenvalue weighted by Gasteiger charge is -2.16. The molecule has 0 unspecified atom stereocenters. The summed E-state index contributed by atoms with van der Waals surface area (Å²) in [6.07, 6.45) is 5.21. The van der Waals surface area contributed by atoms with Gasteiger partial charge in [0.1, 0.15) is 0 Å². The molecule has 1 atom stereocenters. The van der Waals surface area contributed by atoms with Crippen molar-refractivity contribution in [3.05, 3.63) is 65.0 Å². The van der Waals surface area contributed by atoms with E-state index in [1.807, 2.05) is 18.3 Å². The molecule has 4 nitrogen and oxygen atoms in total. The predicted octanol–water partition coefficient (Wildman–Crippen LogP) is 3.41. The molecule has 0 spiro atoms. The highest BCUT2D eigenvalue weighted by molar-refractivity contribution is 5.87. The van der Waals surface area contributed by atoms with Crippen LogP contribution in [-0.2, 0) is 19.4 Å². The highest BCUT2D eigenvalue weighted by Gasteiger charge is 2.23. The van der Waals surface area contributed by atoms with E-state index in [4.69, 9.17) is 5.11 Å². The van der Waals surface area contributed by atoms with Crippen LogP contribution in [0.4, 0.5) is 0 Å². The maximum absolute atomic E-state index is 10.9. The molecule has 1 aromatic heterocycles. The first-order valence-electron chi connectivity index (χ1n) is 8.62. The lowest BCUT2D eigenvalue weighted by Crippen LogP contribution is -2.21. The van der Waals surface area contributed by atoms with Gasteiger partial charge in [-0.15, -0.1) is 0 Å². The average Bonchev–Trinajstić information content (AvgIpc) is 3.03. The molecule has 1 saturated heterocycles. The van der Waals surface area contributed by atoms with Gasteiger partial charge in [0.15, 0.2) is 0 Å². The zero-order chi connectivity index (χ0) is 16.9. The highest BCUT2D eigenvalue weighted by atomic mass is 16.4. The second kappa shape index (κ2) is 7.58. The first-order chi connectivity index (χ1) is 11.6. The number of pyridine rings is 1. The molecule has 126 valence electrons. The number of hydrogen-bond donors (Lipinski definition) is 1. The normalized spacial score (nSPS) is 18.0. The first kappa shape index (κ1) is 16.7. The standard InChI is InChI=1S/C20H24N2O2/c1-2-15-5-8-19(21-12-15)14-22-10-9-17(13-22)11-16-3-6-18(7-4-16)20(23)24/h3-8,12,17H,2,9-11,13-14H2,1H3,(H,23,24)/t17-/m1/s1. The molecule has 1 N–H and O–H groups in total. The Bertz CT molecular complexity index is 680. The van der Waals surface area contributed by atoms with Crippen molar-refractivity contribution in [3.8, 4) is 0 Å². The zero-order valence-corrected chi connectivity index (χ0v) is 14.1. The highest BCUT2D eigenvalue weighted by Crippen LogP contribution is 2.22. The third kappa shape index (κ3) is 4.20. The Kier molecular flexibility index (Phi) is 5.26. The van der Waals surface area contributed by atoms with Gasteiger partial charge in [-0.1, -0.05) is 25.1 Å². The summed E-state index contributed by atoms with van der Waals surface area (Å²) in [5, 5.41) is 8.96. The molecule has 0 radical (unpaired) electrons. The van der Waals surface area contributed by atoms with Crippen molar-refractivity contribution in [2.75, 3.05) is 13.1 Å². The number of likely N-dealkylation sites (tertiary alicyclic amines) is 1. The summed E-state index contributed by atoms with van der Waals surface area (Å²) in [6, 6.07) is 11.6. The smallest absolute Gasteiger partial charge is 0.335 e. The van der Waals surface area contributed by atoms with Gasteiger partial charge in [-0.05, 0) is 61.1 Å². The number of nitrogens with zero attached hydrogens (tertiary/aromatic N) is 2. The largest absolute Gasteiger partial charge is 0.478 e. The zero-order valence-electron chi connectivity index (χ0n) is 14.1. The maximum Gasteiger partial charge on any atom is 0.335 e. The monoisotopic (exact) mass is 324 g/mol. The Balaban J connectivity index is 1.52. The molecule has 0 bridgehead atoms. The van der Waals surface area contributed by atoms with Crippen LogP contribution in [0.25, 0.3) is 0 Å². The second-order valence-corrected chi connectivity index (χ2v) is 6.61. The fourth-order valence-corrected chi connectivity index (χ4v) is 3.33. The van der Waals surface area contributed by atoms with Gasteiger partial charge in [-0.2, -0.15) is 0 Å². The van der Waals surface area contributed by atoms with Crippen molar-refractivity contribution >= 4 is 5.97 Å². The van der Waals surface area contributed by atoms with Crippen LogP contribution in [0.2, 0.25) is 0 Å². The fourth-order valence-electron chi connectivity index (χ4n) is 3.33. The average molecular weight is 324 g/mol. The Morgan fingerprint density at radius 2 is 1.96 bits per heavy atom. The Labute approximate surface area is 143 Å². The molecule has 1 fully saturated rings. The first-order valence-corrected chi connectivity index (χ1v) is 8.62. The summed E-state index contributed by atoms with van der Waals surface area (Å²) in [6.45, 7) is 5.25. The van der Waals surface area contributed by atoms with Crippen LogP contribution in [-0.4, -0.2) is 34.0 Å². The summed E-state index contributed by atoms with van der Waals surface area (Å²) in [7, 11) is 0. The van der Waals surface area contributed by atoms with Crippen molar-refractivity contribution in [1.82, 2.24) is 9.88 Å². The van der Waals surface area contributed by atoms with Crippen molar-refractivity contribution in [2.45, 2.75) is 32.7 Å². The molecule has 1 aliphatic heterocycles. The summed E-state index contributed by atoms with van der Waals surface area (Å²) in [5.41, 5.74) is 3.99. The van der Waals surface area contributed by atoms with E-state index in [1.54, 1.807) is 12.1 Å². The molecule has 2 heterocycles. The van der Waals surface area contributed by atoms with Crippen molar-refractivity contribution in [1.29, 1.82) is 0 Å². The lowest BCUT2D eigenvalue weighted by atomic mass is 9.98. The number of carboxylic acids is 1. The molecule has 3 rings (SSSR count). The molecule has 0 saturated carbocycles. The van der Waals surface area contributed by atoms with Crippen LogP contribution >= 0.6 is 0 Å². The summed E-state index contributed by atoms with van der Waals surface area (Å²) in [4.78, 5) is 17.9. The predicted molar refractivity (Wildman–Crippen MR) is 94.1 cm³/mol. The van der Waals surface area contributed by atoms with E-state index in [-0.39, 0.29) is 0 Å². The minimum atomic E-state index is -0.866. The number of hydrogen-bond acceptors (Lipinski definition) is 3. The van der Waals surface area contributed by atoms with Crippen LogP contribution < -0.4 is 0 Å². The molecular weight excluding hydrogens is 300 g/mol. The van der Waals surface area contributed by atoms with E-state index in [0.717, 1.165) is 38.2 Å². The lowest BCUT2D eigenvalue weighted by molar-refractivity contribution is 0.0697. The minimum absolute atomic E-state index is 0.355. The van der Waals surface area contributed by atoms with Gasteiger partial charge in [0.25, 0.3) is 0 Å². The fraction of sp³-hybridized carbons (Fsp3) is 0.400. The number of aryl methyl sites for hydroxylation is 1. The quantitative estimate of drug-likeness (QED) is 0.885. The molecule has 1 aliphatic rings. The number of aromatic carboxylic acids is 1. The summed E-state index contributed by atoms with van der Waals surface area (Å²) < 4.78 is 0. The molecule has 0 aliphatic carbocycles. The van der Waals surface area contributed by atoms with Crippen LogP contribution in [0, 0.1) is 5.92 Å². The van der Waals surface area contributed by atoms with E-state index < -0.39 is 5.97 Å². The van der Waals surface area contributed by atoms with Gasteiger partial charge in [-0.3, -0.25) is 9.88 Å². The SMILES string of the molecule is CCc1ccc(CN2CC[C@H](Cc3ccc(C(=O)O)cc3)C2)nc1. The molecule has 2 aromatic rings. The van der Waals surface area contributed by atoms with E-state index in [0.29, 0.717) is 11.5 Å². The number of aromatic nitrogens is 1. The van der Waals surface area contributed by atoms with E-state index in [9.17, 15) is 4.79 Å². The van der Waals surface area contributed by atoms with Crippen molar-refractivity contribution < 1.29 is 9.90 Å². The van der Waals surface area contributed by atoms with Gasteiger partial charge < -0.3 is 5.11 Å². The Hall–Kier alpha value is -2.20. The molecule has 4 heteroatoms. The van der Waals surface area contributed by atoms with E-state index in [2.05, 4.69) is 28.9 Å². The molecule has 0 amide bonds. The second-order valence-electron chi connectivity index (χ2n) is 6.61. The number of carboxylic acid groups (broad SMARTS) is 1. The molecule has 24 heavy (non-hydrogen) atoms. The van der Waals surface area contributed by atoms with Gasteiger partial charge in [0.2, 0.25) is 0 Å². The van der Waals surface area contributed by atoms with Crippen molar-refractivity contribution in [3.63, 3.8) is 0 Å². The molecule has 1 aromatic carbocycles. The van der Waals surface area contributed by atoms with E-state index >= 15 is 0 Å². The van der Waals surface area contributed by atoms with Crippen LogP contribution in [0.15, 0.2) is 42.6 Å². The van der Waals surface area contributed by atoms with Gasteiger partial charge in [0, 0.05) is 19.3 Å².